The molecule has 0 aromatic carbocycles. The van der Waals surface area contributed by atoms with Crippen molar-refractivity contribution in [2.24, 2.45) is 11.3 Å². The summed E-state index contributed by atoms with van der Waals surface area (Å²) in [6.45, 7) is 2.70. The SMILES string of the molecule is OCCC1(CNCCC2CC2)CC1. The van der Waals surface area contributed by atoms with E-state index in [1.54, 1.807) is 0 Å². The van der Waals surface area contributed by atoms with Crippen molar-refractivity contribution in [2.45, 2.75) is 38.5 Å². The second kappa shape index (κ2) is 3.97. The van der Waals surface area contributed by atoms with E-state index in [1.165, 1.54) is 38.6 Å². The van der Waals surface area contributed by atoms with Crippen molar-refractivity contribution >= 4 is 0 Å². The van der Waals surface area contributed by atoms with Crippen LogP contribution in [0.1, 0.15) is 38.5 Å². The van der Waals surface area contributed by atoms with Gasteiger partial charge < -0.3 is 10.4 Å². The van der Waals surface area contributed by atoms with Crippen LogP contribution < -0.4 is 5.32 Å². The van der Waals surface area contributed by atoms with E-state index in [0.29, 0.717) is 12.0 Å². The number of aliphatic hydroxyl groups is 1. The minimum absolute atomic E-state index is 0.365. The molecule has 76 valence electrons. The molecule has 2 rings (SSSR count). The van der Waals surface area contributed by atoms with Crippen LogP contribution in [0.25, 0.3) is 0 Å². The topological polar surface area (TPSA) is 32.3 Å². The average Bonchev–Trinajstić information content (AvgIpc) is 2.95. The van der Waals surface area contributed by atoms with Crippen molar-refractivity contribution in [3.05, 3.63) is 0 Å². The molecule has 0 saturated heterocycles. The van der Waals surface area contributed by atoms with Gasteiger partial charge in [-0.15, -0.1) is 0 Å². The molecule has 0 amide bonds. The fourth-order valence-electron chi connectivity index (χ4n) is 2.00. The summed E-state index contributed by atoms with van der Waals surface area (Å²) in [7, 11) is 0. The molecule has 2 aliphatic carbocycles. The van der Waals surface area contributed by atoms with Gasteiger partial charge in [0.15, 0.2) is 0 Å². The second-order valence-electron chi connectivity index (χ2n) is 4.88. The standard InChI is InChI=1S/C11H21NO/c13-8-6-11(4-5-11)9-12-7-3-10-1-2-10/h10,12-13H,1-9H2. The van der Waals surface area contributed by atoms with Crippen molar-refractivity contribution in [3.8, 4) is 0 Å². The van der Waals surface area contributed by atoms with E-state index in [1.807, 2.05) is 0 Å². The Balaban J connectivity index is 1.51. The Morgan fingerprint density at radius 2 is 2.08 bits per heavy atom. The van der Waals surface area contributed by atoms with Crippen LogP contribution in [0, 0.1) is 11.3 Å². The van der Waals surface area contributed by atoms with Crippen LogP contribution in [0.15, 0.2) is 0 Å². The molecule has 2 saturated carbocycles. The lowest BCUT2D eigenvalue weighted by atomic mass is 10.0. The molecule has 2 N–H and O–H groups in total. The Kier molecular flexibility index (Phi) is 2.89. The van der Waals surface area contributed by atoms with Gasteiger partial charge in [-0.25, -0.2) is 0 Å². The number of hydrogen-bond acceptors (Lipinski definition) is 2. The summed E-state index contributed by atoms with van der Waals surface area (Å²) in [5.74, 6) is 1.04. The molecule has 0 spiro atoms. The second-order valence-corrected chi connectivity index (χ2v) is 4.88. The van der Waals surface area contributed by atoms with Gasteiger partial charge in [0.1, 0.15) is 0 Å². The fourth-order valence-corrected chi connectivity index (χ4v) is 2.00. The van der Waals surface area contributed by atoms with Crippen molar-refractivity contribution in [1.29, 1.82) is 0 Å². The van der Waals surface area contributed by atoms with Crippen LogP contribution in [0.3, 0.4) is 0 Å². The van der Waals surface area contributed by atoms with E-state index in [-0.39, 0.29) is 0 Å². The highest BCUT2D eigenvalue weighted by atomic mass is 16.3. The van der Waals surface area contributed by atoms with Crippen LogP contribution in [-0.4, -0.2) is 24.8 Å². The molecule has 0 unspecified atom stereocenters. The normalized spacial score (nSPS) is 24.7. The third kappa shape index (κ3) is 2.96. The van der Waals surface area contributed by atoms with Crippen molar-refractivity contribution in [3.63, 3.8) is 0 Å². The monoisotopic (exact) mass is 183 g/mol. The summed E-state index contributed by atoms with van der Waals surface area (Å²) in [4.78, 5) is 0. The quantitative estimate of drug-likeness (QED) is 0.587. The smallest absolute Gasteiger partial charge is 0.0436 e. The molecule has 0 aromatic rings. The highest BCUT2D eigenvalue weighted by Gasteiger charge is 2.41. The molecule has 2 fully saturated rings. The maximum Gasteiger partial charge on any atom is 0.0436 e. The van der Waals surface area contributed by atoms with E-state index >= 15 is 0 Å². The highest BCUT2D eigenvalue weighted by Crippen LogP contribution is 2.47. The maximum atomic E-state index is 8.87. The first-order chi connectivity index (χ1) is 6.35. The minimum Gasteiger partial charge on any atom is -0.396 e. The molecular formula is C11H21NO. The lowest BCUT2D eigenvalue weighted by molar-refractivity contribution is 0.245. The summed E-state index contributed by atoms with van der Waals surface area (Å²) in [5, 5.41) is 12.4. The molecule has 0 heterocycles. The molecule has 0 aliphatic heterocycles. The number of aliphatic hydroxyl groups excluding tert-OH is 1. The molecular weight excluding hydrogens is 162 g/mol. The molecule has 2 nitrogen and oxygen atoms in total. The third-order valence-corrected chi connectivity index (χ3v) is 3.53. The van der Waals surface area contributed by atoms with Crippen LogP contribution in [-0.2, 0) is 0 Å². The van der Waals surface area contributed by atoms with Gasteiger partial charge in [0.05, 0.1) is 0 Å². The first-order valence-corrected chi connectivity index (χ1v) is 5.66. The molecule has 0 aromatic heterocycles. The van der Waals surface area contributed by atoms with E-state index in [2.05, 4.69) is 5.32 Å². The third-order valence-electron chi connectivity index (χ3n) is 3.53. The Hall–Kier alpha value is -0.0800. The predicted molar refractivity (Wildman–Crippen MR) is 53.6 cm³/mol. The maximum absolute atomic E-state index is 8.87. The number of rotatable bonds is 7. The lowest BCUT2D eigenvalue weighted by Crippen LogP contribution is -2.25. The number of hydrogen-bond donors (Lipinski definition) is 2. The van der Waals surface area contributed by atoms with E-state index < -0.39 is 0 Å². The Labute approximate surface area is 80.7 Å². The van der Waals surface area contributed by atoms with Crippen LogP contribution in [0.2, 0.25) is 0 Å². The Morgan fingerprint density at radius 1 is 1.31 bits per heavy atom. The fraction of sp³-hybridized carbons (Fsp3) is 1.00. The van der Waals surface area contributed by atoms with Gasteiger partial charge in [0.2, 0.25) is 0 Å². The van der Waals surface area contributed by atoms with Gasteiger partial charge in [-0.05, 0) is 43.6 Å². The Bertz CT molecular complexity index is 161. The zero-order valence-electron chi connectivity index (χ0n) is 8.39. The molecule has 2 aliphatic rings. The molecule has 0 bridgehead atoms. The summed E-state index contributed by atoms with van der Waals surface area (Å²) in [5.41, 5.74) is 0.498. The van der Waals surface area contributed by atoms with E-state index in [9.17, 15) is 0 Å². The zero-order valence-corrected chi connectivity index (χ0v) is 8.39. The minimum atomic E-state index is 0.365. The molecule has 0 atom stereocenters. The first kappa shape index (κ1) is 9.47. The van der Waals surface area contributed by atoms with Crippen LogP contribution in [0.5, 0.6) is 0 Å². The van der Waals surface area contributed by atoms with Crippen molar-refractivity contribution in [1.82, 2.24) is 5.32 Å². The largest absolute Gasteiger partial charge is 0.396 e. The first-order valence-electron chi connectivity index (χ1n) is 5.66. The lowest BCUT2D eigenvalue weighted by Gasteiger charge is -2.14. The van der Waals surface area contributed by atoms with Crippen molar-refractivity contribution < 1.29 is 5.11 Å². The predicted octanol–water partition coefficient (Wildman–Crippen LogP) is 1.54. The molecule has 13 heavy (non-hydrogen) atoms. The van der Waals surface area contributed by atoms with Gasteiger partial charge in [0, 0.05) is 13.2 Å². The van der Waals surface area contributed by atoms with Gasteiger partial charge in [0.25, 0.3) is 0 Å². The van der Waals surface area contributed by atoms with E-state index in [4.69, 9.17) is 5.11 Å². The summed E-state index contributed by atoms with van der Waals surface area (Å²) in [6.07, 6.45) is 7.94. The zero-order chi connectivity index (χ0) is 9.15. The summed E-state index contributed by atoms with van der Waals surface area (Å²) >= 11 is 0. The molecule has 0 radical (unpaired) electrons. The molecule has 2 heteroatoms. The van der Waals surface area contributed by atoms with Crippen LogP contribution in [0.4, 0.5) is 0 Å². The average molecular weight is 183 g/mol. The van der Waals surface area contributed by atoms with Gasteiger partial charge in [-0.1, -0.05) is 12.8 Å². The Morgan fingerprint density at radius 3 is 2.62 bits per heavy atom. The van der Waals surface area contributed by atoms with Gasteiger partial charge >= 0.3 is 0 Å². The highest BCUT2D eigenvalue weighted by molar-refractivity contribution is 4.94. The summed E-state index contributed by atoms with van der Waals surface area (Å²) < 4.78 is 0. The number of nitrogens with one attached hydrogen (secondary N) is 1. The van der Waals surface area contributed by atoms with Gasteiger partial charge in [-0.2, -0.15) is 0 Å². The van der Waals surface area contributed by atoms with Crippen molar-refractivity contribution in [2.75, 3.05) is 19.7 Å². The van der Waals surface area contributed by atoms with Crippen LogP contribution >= 0.6 is 0 Å². The van der Waals surface area contributed by atoms with Gasteiger partial charge in [-0.3, -0.25) is 0 Å². The van der Waals surface area contributed by atoms with E-state index in [0.717, 1.165) is 18.9 Å². The summed E-state index contributed by atoms with van der Waals surface area (Å²) in [6, 6.07) is 0.